The van der Waals surface area contributed by atoms with Crippen LogP contribution in [0.25, 0.3) is 0 Å². The molecular weight excluding hydrogens is 208 g/mol. The van der Waals surface area contributed by atoms with Crippen molar-refractivity contribution in [3.8, 4) is 0 Å². The van der Waals surface area contributed by atoms with E-state index in [4.69, 9.17) is 0 Å². The second kappa shape index (κ2) is 6.75. The summed E-state index contributed by atoms with van der Waals surface area (Å²) in [6.07, 6.45) is 9.88. The van der Waals surface area contributed by atoms with Crippen molar-refractivity contribution in [2.24, 2.45) is 5.92 Å². The highest BCUT2D eigenvalue weighted by molar-refractivity contribution is 4.81. The fraction of sp³-hybridized carbons (Fsp3) is 1.00. The van der Waals surface area contributed by atoms with Gasteiger partial charge in [0, 0.05) is 12.1 Å². The molecule has 0 aromatic rings. The zero-order valence-electron chi connectivity index (χ0n) is 11.8. The van der Waals surface area contributed by atoms with Gasteiger partial charge in [-0.3, -0.25) is 0 Å². The largest absolute Gasteiger partial charge is 0.314 e. The van der Waals surface area contributed by atoms with Crippen LogP contribution >= 0.6 is 0 Å². The first-order valence-electron chi connectivity index (χ1n) is 7.75. The molecule has 0 unspecified atom stereocenters. The van der Waals surface area contributed by atoms with Crippen LogP contribution in [-0.4, -0.2) is 36.6 Å². The molecule has 0 spiro atoms. The predicted octanol–water partition coefficient (Wildman–Crippen LogP) is 3.03. The normalized spacial score (nSPS) is 31.9. The standard InChI is InChI=1S/C15H30N2/c1-13(2)15-8-4-6-11-17(15)12-9-14-7-3-5-10-16-14/h13-16H,3-12H2,1-2H3/t14-,15-/m1/s1. The number of likely N-dealkylation sites (tertiary alicyclic amines) is 1. The molecule has 100 valence electrons. The first-order valence-corrected chi connectivity index (χ1v) is 7.75. The first kappa shape index (κ1) is 13.4. The van der Waals surface area contributed by atoms with Crippen molar-refractivity contribution in [2.45, 2.75) is 70.9 Å². The van der Waals surface area contributed by atoms with Crippen molar-refractivity contribution < 1.29 is 0 Å². The molecule has 0 aromatic carbocycles. The van der Waals surface area contributed by atoms with Crippen LogP contribution in [-0.2, 0) is 0 Å². The van der Waals surface area contributed by atoms with E-state index in [-0.39, 0.29) is 0 Å². The molecule has 0 saturated carbocycles. The molecule has 17 heavy (non-hydrogen) atoms. The Bertz CT molecular complexity index is 209. The smallest absolute Gasteiger partial charge is 0.0118 e. The fourth-order valence-electron chi connectivity index (χ4n) is 3.54. The Morgan fingerprint density at radius 2 is 1.94 bits per heavy atom. The quantitative estimate of drug-likeness (QED) is 0.810. The average molecular weight is 238 g/mol. The van der Waals surface area contributed by atoms with Gasteiger partial charge in [-0.05, 0) is 57.7 Å². The molecule has 2 atom stereocenters. The summed E-state index contributed by atoms with van der Waals surface area (Å²) in [4.78, 5) is 2.77. The van der Waals surface area contributed by atoms with Crippen molar-refractivity contribution in [3.05, 3.63) is 0 Å². The Morgan fingerprint density at radius 3 is 2.65 bits per heavy atom. The molecule has 2 fully saturated rings. The Labute approximate surface area is 107 Å². The SMILES string of the molecule is CC(C)[C@H]1CCCCN1CC[C@H]1CCCCN1. The number of hydrogen-bond donors (Lipinski definition) is 1. The maximum Gasteiger partial charge on any atom is 0.0118 e. The van der Waals surface area contributed by atoms with E-state index in [0.717, 1.165) is 18.0 Å². The van der Waals surface area contributed by atoms with E-state index in [1.165, 1.54) is 64.6 Å². The molecule has 1 N–H and O–H groups in total. The van der Waals surface area contributed by atoms with Crippen LogP contribution in [0.5, 0.6) is 0 Å². The average Bonchev–Trinajstić information content (AvgIpc) is 2.38. The van der Waals surface area contributed by atoms with Gasteiger partial charge in [0.1, 0.15) is 0 Å². The molecule has 0 radical (unpaired) electrons. The van der Waals surface area contributed by atoms with E-state index in [0.29, 0.717) is 0 Å². The zero-order chi connectivity index (χ0) is 12.1. The molecule has 2 aliphatic rings. The summed E-state index contributed by atoms with van der Waals surface area (Å²) in [5.41, 5.74) is 0. The van der Waals surface area contributed by atoms with Gasteiger partial charge in [0.25, 0.3) is 0 Å². The molecule has 2 heterocycles. The van der Waals surface area contributed by atoms with Gasteiger partial charge in [0.2, 0.25) is 0 Å². The van der Waals surface area contributed by atoms with Gasteiger partial charge < -0.3 is 10.2 Å². The summed E-state index contributed by atoms with van der Waals surface area (Å²) in [6, 6.07) is 1.66. The van der Waals surface area contributed by atoms with Crippen LogP contribution in [0.3, 0.4) is 0 Å². The molecule has 2 nitrogen and oxygen atoms in total. The first-order chi connectivity index (χ1) is 8.27. The number of nitrogens with one attached hydrogen (secondary N) is 1. The fourth-order valence-corrected chi connectivity index (χ4v) is 3.54. The van der Waals surface area contributed by atoms with Crippen LogP contribution in [0.1, 0.15) is 58.8 Å². The van der Waals surface area contributed by atoms with E-state index in [9.17, 15) is 0 Å². The van der Waals surface area contributed by atoms with Crippen molar-refractivity contribution >= 4 is 0 Å². The lowest BCUT2D eigenvalue weighted by atomic mass is 9.92. The summed E-state index contributed by atoms with van der Waals surface area (Å²) in [5.74, 6) is 0.828. The van der Waals surface area contributed by atoms with Gasteiger partial charge in [-0.15, -0.1) is 0 Å². The van der Waals surface area contributed by atoms with E-state index >= 15 is 0 Å². The zero-order valence-corrected chi connectivity index (χ0v) is 11.8. The predicted molar refractivity (Wildman–Crippen MR) is 74.3 cm³/mol. The van der Waals surface area contributed by atoms with Crippen LogP contribution in [0.15, 0.2) is 0 Å². The number of hydrogen-bond acceptors (Lipinski definition) is 2. The Kier molecular flexibility index (Phi) is 5.30. The highest BCUT2D eigenvalue weighted by Gasteiger charge is 2.25. The van der Waals surface area contributed by atoms with Gasteiger partial charge in [-0.25, -0.2) is 0 Å². The van der Waals surface area contributed by atoms with Crippen molar-refractivity contribution in [1.29, 1.82) is 0 Å². The van der Waals surface area contributed by atoms with Gasteiger partial charge in [0.05, 0.1) is 0 Å². The maximum atomic E-state index is 3.68. The molecular formula is C15H30N2. The lowest BCUT2D eigenvalue weighted by Gasteiger charge is -2.39. The lowest BCUT2D eigenvalue weighted by molar-refractivity contribution is 0.105. The third-order valence-electron chi connectivity index (χ3n) is 4.61. The molecule has 2 rings (SSSR count). The van der Waals surface area contributed by atoms with Crippen molar-refractivity contribution in [2.75, 3.05) is 19.6 Å². The summed E-state index contributed by atoms with van der Waals surface area (Å²) in [7, 11) is 0. The molecule has 0 aliphatic carbocycles. The number of nitrogens with zero attached hydrogens (tertiary/aromatic N) is 1. The Morgan fingerprint density at radius 1 is 1.12 bits per heavy atom. The molecule has 2 heteroatoms. The number of piperidine rings is 2. The third kappa shape index (κ3) is 3.96. The Balaban J connectivity index is 1.75. The third-order valence-corrected chi connectivity index (χ3v) is 4.61. The summed E-state index contributed by atoms with van der Waals surface area (Å²) < 4.78 is 0. The topological polar surface area (TPSA) is 15.3 Å². The minimum atomic E-state index is 0.804. The maximum absolute atomic E-state index is 3.68. The van der Waals surface area contributed by atoms with Crippen molar-refractivity contribution in [3.63, 3.8) is 0 Å². The summed E-state index contributed by atoms with van der Waals surface area (Å²) in [5, 5.41) is 3.68. The van der Waals surface area contributed by atoms with Crippen LogP contribution in [0.4, 0.5) is 0 Å². The molecule has 2 aliphatic heterocycles. The van der Waals surface area contributed by atoms with E-state index in [1.54, 1.807) is 0 Å². The van der Waals surface area contributed by atoms with Gasteiger partial charge in [-0.1, -0.05) is 26.7 Å². The highest BCUT2D eigenvalue weighted by atomic mass is 15.2. The van der Waals surface area contributed by atoms with Crippen LogP contribution in [0, 0.1) is 5.92 Å². The summed E-state index contributed by atoms with van der Waals surface area (Å²) >= 11 is 0. The van der Waals surface area contributed by atoms with E-state index < -0.39 is 0 Å². The van der Waals surface area contributed by atoms with Gasteiger partial charge in [0.15, 0.2) is 0 Å². The monoisotopic (exact) mass is 238 g/mol. The minimum absolute atomic E-state index is 0.804. The van der Waals surface area contributed by atoms with Gasteiger partial charge >= 0.3 is 0 Å². The number of rotatable bonds is 4. The molecule has 0 aromatic heterocycles. The molecule has 0 amide bonds. The minimum Gasteiger partial charge on any atom is -0.314 e. The second-order valence-electron chi connectivity index (χ2n) is 6.28. The van der Waals surface area contributed by atoms with Crippen LogP contribution in [0.2, 0.25) is 0 Å². The van der Waals surface area contributed by atoms with E-state index in [2.05, 4.69) is 24.1 Å². The van der Waals surface area contributed by atoms with Gasteiger partial charge in [-0.2, -0.15) is 0 Å². The van der Waals surface area contributed by atoms with Crippen molar-refractivity contribution in [1.82, 2.24) is 10.2 Å². The second-order valence-corrected chi connectivity index (χ2v) is 6.28. The lowest BCUT2D eigenvalue weighted by Crippen LogP contribution is -2.45. The molecule has 2 saturated heterocycles. The van der Waals surface area contributed by atoms with E-state index in [1.807, 2.05) is 0 Å². The summed E-state index contributed by atoms with van der Waals surface area (Å²) in [6.45, 7) is 8.69. The Hall–Kier alpha value is -0.0800. The molecule has 0 bridgehead atoms. The highest BCUT2D eigenvalue weighted by Crippen LogP contribution is 2.23. The van der Waals surface area contributed by atoms with Crippen LogP contribution < -0.4 is 5.32 Å².